The van der Waals surface area contributed by atoms with Crippen molar-refractivity contribution in [3.63, 3.8) is 0 Å². The molecule has 0 aliphatic heterocycles. The van der Waals surface area contributed by atoms with Gasteiger partial charge in [-0.05, 0) is 55.9 Å². The van der Waals surface area contributed by atoms with Gasteiger partial charge in [-0.3, -0.25) is 0 Å². The van der Waals surface area contributed by atoms with E-state index in [2.05, 4.69) is 34.2 Å². The molecule has 2 nitrogen and oxygen atoms in total. The lowest BCUT2D eigenvalue weighted by Crippen LogP contribution is -2.40. The van der Waals surface area contributed by atoms with Gasteiger partial charge in [-0.15, -0.1) is 0 Å². The zero-order chi connectivity index (χ0) is 12.3. The van der Waals surface area contributed by atoms with Crippen LogP contribution in [0.15, 0.2) is 28.7 Å². The summed E-state index contributed by atoms with van der Waals surface area (Å²) in [5, 5.41) is 12.8. The predicted molar refractivity (Wildman–Crippen MR) is 73.7 cm³/mol. The Labute approximate surface area is 111 Å². The highest BCUT2D eigenvalue weighted by Gasteiger charge is 2.34. The highest BCUT2D eigenvalue weighted by atomic mass is 79.9. The number of rotatable bonds is 2. The van der Waals surface area contributed by atoms with Crippen LogP contribution in [0.1, 0.15) is 32.6 Å². The third-order valence-corrected chi connectivity index (χ3v) is 4.10. The number of halogens is 1. The van der Waals surface area contributed by atoms with Gasteiger partial charge in [0.05, 0.1) is 6.07 Å². The summed E-state index contributed by atoms with van der Waals surface area (Å²) in [6.45, 7) is 2.26. The van der Waals surface area contributed by atoms with Gasteiger partial charge in [0.1, 0.15) is 5.54 Å². The van der Waals surface area contributed by atoms with Gasteiger partial charge in [-0.1, -0.05) is 22.9 Å². The zero-order valence-corrected chi connectivity index (χ0v) is 11.6. The standard InChI is InChI=1S/C14H17BrN2/c1-11-6-8-14(10-16,9-7-11)17-13-4-2-12(15)3-5-13/h2-5,11,17H,6-9H2,1H3. The van der Waals surface area contributed by atoms with E-state index < -0.39 is 0 Å². The van der Waals surface area contributed by atoms with E-state index in [0.29, 0.717) is 0 Å². The van der Waals surface area contributed by atoms with Gasteiger partial charge < -0.3 is 5.32 Å². The van der Waals surface area contributed by atoms with Gasteiger partial charge in [0.15, 0.2) is 0 Å². The van der Waals surface area contributed by atoms with E-state index in [-0.39, 0.29) is 5.54 Å². The minimum absolute atomic E-state index is 0.361. The molecule has 1 N–H and O–H groups in total. The van der Waals surface area contributed by atoms with Crippen LogP contribution in [0.3, 0.4) is 0 Å². The number of anilines is 1. The molecular weight excluding hydrogens is 276 g/mol. The van der Waals surface area contributed by atoms with Gasteiger partial charge in [-0.25, -0.2) is 0 Å². The number of nitriles is 1. The second kappa shape index (κ2) is 5.10. The van der Waals surface area contributed by atoms with Crippen LogP contribution in [0.4, 0.5) is 5.69 Å². The first-order valence-corrected chi connectivity index (χ1v) is 6.88. The van der Waals surface area contributed by atoms with E-state index >= 15 is 0 Å². The molecule has 0 heterocycles. The molecule has 0 unspecified atom stereocenters. The summed E-state index contributed by atoms with van der Waals surface area (Å²) < 4.78 is 1.06. The molecule has 3 heteroatoms. The maximum absolute atomic E-state index is 9.42. The number of hydrogen-bond donors (Lipinski definition) is 1. The second-order valence-electron chi connectivity index (χ2n) is 5.01. The largest absolute Gasteiger partial charge is 0.367 e. The fraction of sp³-hybridized carbons (Fsp3) is 0.500. The molecule has 0 radical (unpaired) electrons. The summed E-state index contributed by atoms with van der Waals surface area (Å²) in [5.41, 5.74) is 0.671. The molecule has 90 valence electrons. The first-order chi connectivity index (χ1) is 8.13. The highest BCUT2D eigenvalue weighted by molar-refractivity contribution is 9.10. The Bertz CT molecular complexity index is 411. The molecule has 0 saturated heterocycles. The van der Waals surface area contributed by atoms with Crippen molar-refractivity contribution in [2.45, 2.75) is 38.1 Å². The zero-order valence-electron chi connectivity index (χ0n) is 10.0. The van der Waals surface area contributed by atoms with Crippen LogP contribution in [0.25, 0.3) is 0 Å². The fourth-order valence-electron chi connectivity index (χ4n) is 2.33. The van der Waals surface area contributed by atoms with Crippen LogP contribution in [-0.2, 0) is 0 Å². The summed E-state index contributed by atoms with van der Waals surface area (Å²) in [7, 11) is 0. The lowest BCUT2D eigenvalue weighted by molar-refractivity contribution is 0.314. The SMILES string of the molecule is CC1CCC(C#N)(Nc2ccc(Br)cc2)CC1. The van der Waals surface area contributed by atoms with Crippen LogP contribution in [0.2, 0.25) is 0 Å². The summed E-state index contributed by atoms with van der Waals surface area (Å²) in [6.07, 6.45) is 4.16. The summed E-state index contributed by atoms with van der Waals surface area (Å²) >= 11 is 3.42. The first kappa shape index (κ1) is 12.4. The molecule has 0 aromatic heterocycles. The van der Waals surface area contributed by atoms with Crippen molar-refractivity contribution >= 4 is 21.6 Å². The molecule has 1 aromatic carbocycles. The van der Waals surface area contributed by atoms with E-state index in [0.717, 1.165) is 41.8 Å². The average Bonchev–Trinajstić information content (AvgIpc) is 2.35. The molecule has 1 aliphatic rings. The molecule has 2 rings (SSSR count). The van der Waals surface area contributed by atoms with E-state index in [4.69, 9.17) is 0 Å². The van der Waals surface area contributed by atoms with Crippen LogP contribution in [-0.4, -0.2) is 5.54 Å². The van der Waals surface area contributed by atoms with Gasteiger partial charge in [0, 0.05) is 10.2 Å². The number of nitrogens with one attached hydrogen (secondary N) is 1. The molecule has 1 fully saturated rings. The van der Waals surface area contributed by atoms with E-state index in [1.54, 1.807) is 0 Å². The maximum atomic E-state index is 9.42. The molecule has 0 atom stereocenters. The van der Waals surface area contributed by atoms with E-state index in [1.165, 1.54) is 0 Å². The van der Waals surface area contributed by atoms with Crippen molar-refractivity contribution in [1.29, 1.82) is 5.26 Å². The molecule has 0 amide bonds. The highest BCUT2D eigenvalue weighted by Crippen LogP contribution is 2.34. The molecule has 1 aliphatic carbocycles. The van der Waals surface area contributed by atoms with Gasteiger partial charge in [0.25, 0.3) is 0 Å². The molecule has 17 heavy (non-hydrogen) atoms. The predicted octanol–water partition coefficient (Wildman–Crippen LogP) is 4.33. The summed E-state index contributed by atoms with van der Waals surface area (Å²) in [5.74, 6) is 0.753. The van der Waals surface area contributed by atoms with Crippen molar-refractivity contribution in [3.8, 4) is 6.07 Å². The van der Waals surface area contributed by atoms with E-state index in [9.17, 15) is 5.26 Å². The smallest absolute Gasteiger partial charge is 0.125 e. The third kappa shape index (κ3) is 3.01. The van der Waals surface area contributed by atoms with Gasteiger partial charge in [-0.2, -0.15) is 5.26 Å². The Morgan fingerprint density at radius 2 is 1.88 bits per heavy atom. The molecular formula is C14H17BrN2. The normalized spacial score (nSPS) is 28.4. The van der Waals surface area contributed by atoms with Crippen molar-refractivity contribution in [3.05, 3.63) is 28.7 Å². The molecule has 1 saturated carbocycles. The van der Waals surface area contributed by atoms with Crippen molar-refractivity contribution in [2.24, 2.45) is 5.92 Å². The van der Waals surface area contributed by atoms with Crippen LogP contribution < -0.4 is 5.32 Å². The summed E-state index contributed by atoms with van der Waals surface area (Å²) in [4.78, 5) is 0. The van der Waals surface area contributed by atoms with Crippen molar-refractivity contribution < 1.29 is 0 Å². The first-order valence-electron chi connectivity index (χ1n) is 6.08. The second-order valence-corrected chi connectivity index (χ2v) is 5.92. The number of nitrogens with zero attached hydrogens (tertiary/aromatic N) is 1. The van der Waals surface area contributed by atoms with Crippen LogP contribution in [0, 0.1) is 17.2 Å². The lowest BCUT2D eigenvalue weighted by Gasteiger charge is -2.35. The third-order valence-electron chi connectivity index (χ3n) is 3.57. The maximum Gasteiger partial charge on any atom is 0.125 e. The van der Waals surface area contributed by atoms with Crippen LogP contribution >= 0.6 is 15.9 Å². The number of benzene rings is 1. The Morgan fingerprint density at radius 3 is 2.41 bits per heavy atom. The Kier molecular flexibility index (Phi) is 3.73. The van der Waals surface area contributed by atoms with Crippen molar-refractivity contribution in [2.75, 3.05) is 5.32 Å². The number of hydrogen-bond acceptors (Lipinski definition) is 2. The minimum Gasteiger partial charge on any atom is -0.367 e. The van der Waals surface area contributed by atoms with Gasteiger partial charge >= 0.3 is 0 Å². The Morgan fingerprint density at radius 1 is 1.29 bits per heavy atom. The van der Waals surface area contributed by atoms with Crippen LogP contribution in [0.5, 0.6) is 0 Å². The monoisotopic (exact) mass is 292 g/mol. The molecule has 0 spiro atoms. The molecule has 0 bridgehead atoms. The average molecular weight is 293 g/mol. The van der Waals surface area contributed by atoms with Gasteiger partial charge in [0.2, 0.25) is 0 Å². The Balaban J connectivity index is 2.10. The van der Waals surface area contributed by atoms with Crippen molar-refractivity contribution in [1.82, 2.24) is 0 Å². The summed E-state index contributed by atoms with van der Waals surface area (Å²) in [6, 6.07) is 10.5. The Hall–Kier alpha value is -1.01. The minimum atomic E-state index is -0.361. The topological polar surface area (TPSA) is 35.8 Å². The van der Waals surface area contributed by atoms with E-state index in [1.807, 2.05) is 24.3 Å². The fourth-order valence-corrected chi connectivity index (χ4v) is 2.59. The lowest BCUT2D eigenvalue weighted by atomic mass is 9.78. The quantitative estimate of drug-likeness (QED) is 0.880. The molecule has 1 aromatic rings.